The van der Waals surface area contributed by atoms with E-state index in [1.165, 1.54) is 21.9 Å². The first-order valence-electron chi connectivity index (χ1n) is 5.31. The van der Waals surface area contributed by atoms with Gasteiger partial charge in [-0.25, -0.2) is 0 Å². The molecule has 0 heterocycles. The second-order valence-electron chi connectivity index (χ2n) is 3.84. The Morgan fingerprint density at radius 3 is 2.94 bits per heavy atom. The molecule has 80 valence electrons. The van der Waals surface area contributed by atoms with E-state index in [2.05, 4.69) is 43.2 Å². The summed E-state index contributed by atoms with van der Waals surface area (Å²) in [5, 5.41) is 2.49. The van der Waals surface area contributed by atoms with Crippen molar-refractivity contribution in [2.24, 2.45) is 0 Å². The van der Waals surface area contributed by atoms with E-state index in [1.807, 2.05) is 6.07 Å². The van der Waals surface area contributed by atoms with Crippen molar-refractivity contribution in [2.45, 2.75) is 13.5 Å². The van der Waals surface area contributed by atoms with Crippen molar-refractivity contribution in [3.05, 3.63) is 47.5 Å². The molecular weight excluding hydrogens is 196 g/mol. The number of terminal acetylenes is 1. The molecule has 1 nitrogen and oxygen atoms in total. The molecule has 1 heteroatoms. The zero-order chi connectivity index (χ0) is 11.4. The van der Waals surface area contributed by atoms with Crippen LogP contribution in [0.1, 0.15) is 11.1 Å². The molecule has 0 aliphatic heterocycles. The van der Waals surface area contributed by atoms with Crippen molar-refractivity contribution in [2.75, 3.05) is 6.61 Å². The third kappa shape index (κ3) is 2.24. The van der Waals surface area contributed by atoms with Gasteiger partial charge >= 0.3 is 0 Å². The van der Waals surface area contributed by atoms with Crippen LogP contribution in [0.3, 0.4) is 0 Å². The molecule has 0 unspecified atom stereocenters. The zero-order valence-corrected chi connectivity index (χ0v) is 9.36. The minimum Gasteiger partial charge on any atom is -0.364 e. The maximum atomic E-state index is 5.38. The van der Waals surface area contributed by atoms with Crippen LogP contribution in [0.2, 0.25) is 0 Å². The minimum absolute atomic E-state index is 0.363. The molecular formula is C15H14O. The van der Waals surface area contributed by atoms with Crippen molar-refractivity contribution >= 4 is 10.8 Å². The molecule has 0 N–H and O–H groups in total. The molecule has 2 aromatic rings. The maximum absolute atomic E-state index is 5.38. The Morgan fingerprint density at radius 2 is 2.12 bits per heavy atom. The van der Waals surface area contributed by atoms with Crippen LogP contribution in [0.5, 0.6) is 0 Å². The van der Waals surface area contributed by atoms with E-state index in [9.17, 15) is 0 Å². The Hall–Kier alpha value is -1.78. The Bertz CT molecular complexity index is 535. The van der Waals surface area contributed by atoms with E-state index >= 15 is 0 Å². The third-order valence-corrected chi connectivity index (χ3v) is 2.57. The predicted molar refractivity (Wildman–Crippen MR) is 67.2 cm³/mol. The molecule has 0 saturated carbocycles. The molecule has 0 atom stereocenters. The van der Waals surface area contributed by atoms with Gasteiger partial charge in [-0.05, 0) is 23.3 Å². The fourth-order valence-electron chi connectivity index (χ4n) is 1.80. The van der Waals surface area contributed by atoms with Gasteiger partial charge < -0.3 is 4.74 Å². The second-order valence-corrected chi connectivity index (χ2v) is 3.84. The quantitative estimate of drug-likeness (QED) is 0.558. The van der Waals surface area contributed by atoms with Crippen LogP contribution in [0.15, 0.2) is 36.4 Å². The molecule has 16 heavy (non-hydrogen) atoms. The summed E-state index contributed by atoms with van der Waals surface area (Å²) in [5.74, 6) is 2.48. The lowest BCUT2D eigenvalue weighted by Crippen LogP contribution is -1.94. The van der Waals surface area contributed by atoms with Crippen molar-refractivity contribution in [1.82, 2.24) is 0 Å². The van der Waals surface area contributed by atoms with Crippen molar-refractivity contribution in [1.29, 1.82) is 0 Å². The van der Waals surface area contributed by atoms with Crippen LogP contribution in [0.4, 0.5) is 0 Å². The first kappa shape index (κ1) is 10.7. The highest BCUT2D eigenvalue weighted by atomic mass is 16.5. The largest absolute Gasteiger partial charge is 0.364 e. The average molecular weight is 210 g/mol. The highest BCUT2D eigenvalue weighted by Crippen LogP contribution is 2.20. The number of rotatable bonds is 3. The normalized spacial score (nSPS) is 10.2. The van der Waals surface area contributed by atoms with Crippen molar-refractivity contribution in [3.63, 3.8) is 0 Å². The highest BCUT2D eigenvalue weighted by molar-refractivity contribution is 5.86. The lowest BCUT2D eigenvalue weighted by molar-refractivity contribution is 0.154. The molecule has 0 aromatic heterocycles. The summed E-state index contributed by atoms with van der Waals surface area (Å²) in [6.45, 7) is 3.03. The molecule has 0 amide bonds. The van der Waals surface area contributed by atoms with E-state index in [-0.39, 0.29) is 0 Å². The monoisotopic (exact) mass is 210 g/mol. The van der Waals surface area contributed by atoms with Crippen LogP contribution >= 0.6 is 0 Å². The van der Waals surface area contributed by atoms with Crippen molar-refractivity contribution < 1.29 is 4.74 Å². The van der Waals surface area contributed by atoms with Crippen LogP contribution in [-0.4, -0.2) is 6.61 Å². The van der Waals surface area contributed by atoms with Crippen molar-refractivity contribution in [3.8, 4) is 12.3 Å². The van der Waals surface area contributed by atoms with Crippen LogP contribution in [0, 0.1) is 19.3 Å². The molecule has 2 rings (SSSR count). The fraction of sp³-hybridized carbons (Fsp3) is 0.200. The number of benzene rings is 2. The lowest BCUT2D eigenvalue weighted by Gasteiger charge is -2.07. The van der Waals surface area contributed by atoms with E-state index in [1.54, 1.807) is 0 Å². The van der Waals surface area contributed by atoms with Crippen LogP contribution < -0.4 is 0 Å². The molecule has 0 saturated heterocycles. The summed E-state index contributed by atoms with van der Waals surface area (Å²) < 4.78 is 5.38. The molecule has 0 fully saturated rings. The molecule has 0 aliphatic carbocycles. The smallest absolute Gasteiger partial charge is 0.107 e. The Morgan fingerprint density at radius 1 is 1.25 bits per heavy atom. The van der Waals surface area contributed by atoms with Gasteiger partial charge in [0, 0.05) is 0 Å². The predicted octanol–water partition coefficient (Wildman–Crippen LogP) is 3.30. The van der Waals surface area contributed by atoms with E-state index in [0.717, 1.165) is 0 Å². The molecule has 2 aromatic carbocycles. The first-order valence-corrected chi connectivity index (χ1v) is 5.31. The third-order valence-electron chi connectivity index (χ3n) is 2.57. The van der Waals surface area contributed by atoms with Gasteiger partial charge in [0.05, 0.1) is 6.61 Å². The Kier molecular flexibility index (Phi) is 3.24. The summed E-state index contributed by atoms with van der Waals surface area (Å²) in [4.78, 5) is 0. The maximum Gasteiger partial charge on any atom is 0.107 e. The van der Waals surface area contributed by atoms with E-state index < -0.39 is 0 Å². The van der Waals surface area contributed by atoms with Gasteiger partial charge in [0.2, 0.25) is 0 Å². The van der Waals surface area contributed by atoms with Gasteiger partial charge in [0.1, 0.15) is 6.61 Å². The number of aryl methyl sites for hydroxylation is 1. The highest BCUT2D eigenvalue weighted by Gasteiger charge is 2.00. The van der Waals surface area contributed by atoms with Crippen LogP contribution in [0.25, 0.3) is 10.8 Å². The Balaban J connectivity index is 2.37. The van der Waals surface area contributed by atoms with Gasteiger partial charge in [-0.3, -0.25) is 0 Å². The number of hydrogen-bond acceptors (Lipinski definition) is 1. The van der Waals surface area contributed by atoms with Gasteiger partial charge in [0.25, 0.3) is 0 Å². The summed E-state index contributed by atoms with van der Waals surface area (Å²) in [6, 6.07) is 12.7. The molecule has 0 spiro atoms. The summed E-state index contributed by atoms with van der Waals surface area (Å²) >= 11 is 0. The second kappa shape index (κ2) is 4.83. The standard InChI is InChI=1S/C15H14O/c1-3-9-16-11-14-6-4-5-13-8-7-12(2)10-15(13)14/h1,4-8,10H,9,11H2,2H3. The summed E-state index contributed by atoms with van der Waals surface area (Å²) in [5.41, 5.74) is 2.45. The molecule has 0 bridgehead atoms. The average Bonchev–Trinajstić information content (AvgIpc) is 2.30. The van der Waals surface area contributed by atoms with Gasteiger partial charge in [-0.2, -0.15) is 0 Å². The fourth-order valence-corrected chi connectivity index (χ4v) is 1.80. The van der Waals surface area contributed by atoms with Gasteiger partial charge in [-0.15, -0.1) is 6.42 Å². The topological polar surface area (TPSA) is 9.23 Å². The van der Waals surface area contributed by atoms with Gasteiger partial charge in [0.15, 0.2) is 0 Å². The molecule has 0 radical (unpaired) electrons. The number of hydrogen-bond donors (Lipinski definition) is 0. The number of fused-ring (bicyclic) bond motifs is 1. The summed E-state index contributed by atoms with van der Waals surface area (Å²) in [7, 11) is 0. The minimum atomic E-state index is 0.363. The van der Waals surface area contributed by atoms with Crippen LogP contribution in [-0.2, 0) is 11.3 Å². The SMILES string of the molecule is C#CCOCc1cccc2ccc(C)cc12. The van der Waals surface area contributed by atoms with E-state index in [4.69, 9.17) is 11.2 Å². The van der Waals surface area contributed by atoms with E-state index in [0.29, 0.717) is 13.2 Å². The number of ether oxygens (including phenoxy) is 1. The van der Waals surface area contributed by atoms with Gasteiger partial charge in [-0.1, -0.05) is 47.9 Å². The zero-order valence-electron chi connectivity index (χ0n) is 9.36. The molecule has 0 aliphatic rings. The Labute approximate surface area is 96.1 Å². The summed E-state index contributed by atoms with van der Waals surface area (Å²) in [6.07, 6.45) is 5.15. The first-order chi connectivity index (χ1) is 7.81. The lowest BCUT2D eigenvalue weighted by atomic mass is 10.0.